The Labute approximate surface area is 137 Å². The molecule has 0 aromatic heterocycles. The molecule has 1 saturated carbocycles. The molecule has 1 aromatic carbocycles. The van der Waals surface area contributed by atoms with Crippen LogP contribution >= 0.6 is 11.8 Å². The van der Waals surface area contributed by atoms with Gasteiger partial charge in [-0.2, -0.15) is 8.78 Å². The average molecular weight is 338 g/mol. The molecule has 0 spiro atoms. The van der Waals surface area contributed by atoms with Crippen LogP contribution in [0.3, 0.4) is 0 Å². The second-order valence-corrected chi connectivity index (χ2v) is 6.42. The van der Waals surface area contributed by atoms with Crippen molar-refractivity contribution < 1.29 is 18.3 Å². The van der Waals surface area contributed by atoms with E-state index in [4.69, 9.17) is 0 Å². The third-order valence-electron chi connectivity index (χ3n) is 3.68. The molecule has 1 aromatic rings. The number of carbonyl (C=O) groups is 1. The van der Waals surface area contributed by atoms with Crippen molar-refractivity contribution in [3.63, 3.8) is 0 Å². The first-order chi connectivity index (χ1) is 11.1. The number of amides is 1. The van der Waals surface area contributed by atoms with Gasteiger partial charge in [0.25, 0.3) is 5.91 Å². The number of nitrogens with zero attached hydrogens (tertiary/aromatic N) is 1. The Kier molecular flexibility index (Phi) is 4.95. The molecular weight excluding hydrogens is 322 g/mol. The molecule has 1 aliphatic heterocycles. The number of aliphatic imine (C=N–C) groups is 1. The van der Waals surface area contributed by atoms with E-state index >= 15 is 0 Å². The van der Waals surface area contributed by atoms with E-state index in [1.165, 1.54) is 36.7 Å². The quantitative estimate of drug-likeness (QED) is 0.850. The lowest BCUT2D eigenvalue weighted by molar-refractivity contribution is -0.115. The molecule has 0 unspecified atom stereocenters. The number of hydrogen-bond acceptors (Lipinski definition) is 4. The normalized spacial score (nSPS) is 22.3. The zero-order chi connectivity index (χ0) is 16.2. The topological polar surface area (TPSA) is 50.7 Å². The van der Waals surface area contributed by atoms with E-state index in [-0.39, 0.29) is 11.7 Å². The molecule has 1 heterocycles. The van der Waals surface area contributed by atoms with Crippen molar-refractivity contribution in [3.05, 3.63) is 34.7 Å². The number of ether oxygens (including phenoxy) is 1. The molecule has 2 fully saturated rings. The number of amidine groups is 1. The maximum Gasteiger partial charge on any atom is 0.387 e. The molecule has 1 aliphatic carbocycles. The summed E-state index contributed by atoms with van der Waals surface area (Å²) in [5.41, 5.74) is 0.742. The van der Waals surface area contributed by atoms with Gasteiger partial charge in [-0.05, 0) is 48.4 Å². The molecule has 122 valence electrons. The van der Waals surface area contributed by atoms with E-state index in [1.807, 2.05) is 0 Å². The molecule has 0 bridgehead atoms. The lowest BCUT2D eigenvalue weighted by atomic mass is 10.2. The summed E-state index contributed by atoms with van der Waals surface area (Å²) in [5.74, 6) is -0.0891. The standard InChI is InChI=1S/C16H16F2N2O2S/c17-15(18)22-12-7-5-10(6-8-12)9-13-14(21)20-16(23-13)19-11-3-1-2-4-11/h5-9,11,15H,1-4H2,(H,19,20,21). The predicted octanol–water partition coefficient (Wildman–Crippen LogP) is 3.79. The molecule has 0 atom stereocenters. The molecule has 23 heavy (non-hydrogen) atoms. The van der Waals surface area contributed by atoms with Crippen LogP contribution in [0.2, 0.25) is 0 Å². The van der Waals surface area contributed by atoms with E-state index < -0.39 is 6.61 Å². The molecular formula is C16H16F2N2O2S. The van der Waals surface area contributed by atoms with Crippen LogP contribution in [0, 0.1) is 0 Å². The maximum atomic E-state index is 12.1. The molecule has 3 rings (SSSR count). The Bertz CT molecular complexity index is 638. The molecule has 1 N–H and O–H groups in total. The fraction of sp³-hybridized carbons (Fsp3) is 0.375. The van der Waals surface area contributed by atoms with Gasteiger partial charge in [-0.25, -0.2) is 0 Å². The number of alkyl halides is 2. The van der Waals surface area contributed by atoms with Crippen LogP contribution in [0.1, 0.15) is 31.2 Å². The molecule has 2 aliphatic rings. The predicted molar refractivity (Wildman–Crippen MR) is 86.5 cm³/mol. The first-order valence-corrected chi connectivity index (χ1v) is 8.25. The third-order valence-corrected chi connectivity index (χ3v) is 4.60. The Morgan fingerprint density at radius 1 is 1.26 bits per heavy atom. The molecule has 4 nitrogen and oxygen atoms in total. The van der Waals surface area contributed by atoms with Gasteiger partial charge < -0.3 is 10.1 Å². The van der Waals surface area contributed by atoms with Crippen molar-refractivity contribution in [2.24, 2.45) is 4.99 Å². The summed E-state index contributed by atoms with van der Waals surface area (Å²) < 4.78 is 28.5. The zero-order valence-electron chi connectivity index (χ0n) is 12.3. The highest BCUT2D eigenvalue weighted by Gasteiger charge is 2.25. The zero-order valence-corrected chi connectivity index (χ0v) is 13.1. The van der Waals surface area contributed by atoms with Gasteiger partial charge in [0, 0.05) is 0 Å². The van der Waals surface area contributed by atoms with Gasteiger partial charge in [0.05, 0.1) is 10.9 Å². The monoisotopic (exact) mass is 338 g/mol. The van der Waals surface area contributed by atoms with Gasteiger partial charge in [-0.1, -0.05) is 25.0 Å². The van der Waals surface area contributed by atoms with Crippen LogP contribution < -0.4 is 10.1 Å². The Morgan fingerprint density at radius 3 is 2.61 bits per heavy atom. The van der Waals surface area contributed by atoms with Crippen molar-refractivity contribution in [1.29, 1.82) is 0 Å². The summed E-state index contributed by atoms with van der Waals surface area (Å²) in [6, 6.07) is 6.46. The minimum absolute atomic E-state index is 0.0918. The van der Waals surface area contributed by atoms with Gasteiger partial charge >= 0.3 is 6.61 Å². The van der Waals surface area contributed by atoms with Crippen LogP contribution in [0.25, 0.3) is 6.08 Å². The summed E-state index contributed by atoms with van der Waals surface area (Å²) in [5, 5.41) is 3.41. The fourth-order valence-corrected chi connectivity index (χ4v) is 3.48. The Balaban J connectivity index is 1.68. The highest BCUT2D eigenvalue weighted by Crippen LogP contribution is 2.29. The lowest BCUT2D eigenvalue weighted by Gasteiger charge is -2.04. The van der Waals surface area contributed by atoms with Crippen molar-refractivity contribution in [3.8, 4) is 5.75 Å². The minimum atomic E-state index is -2.84. The molecule has 1 amide bonds. The largest absolute Gasteiger partial charge is 0.435 e. The summed E-state index contributed by atoms with van der Waals surface area (Å²) >= 11 is 1.31. The van der Waals surface area contributed by atoms with Gasteiger partial charge in [0.1, 0.15) is 5.75 Å². The number of thioether (sulfide) groups is 1. The maximum absolute atomic E-state index is 12.1. The highest BCUT2D eigenvalue weighted by molar-refractivity contribution is 8.18. The third kappa shape index (κ3) is 4.31. The summed E-state index contributed by atoms with van der Waals surface area (Å²) in [6.45, 7) is -2.84. The second-order valence-electron chi connectivity index (χ2n) is 5.38. The summed E-state index contributed by atoms with van der Waals surface area (Å²) in [6.07, 6.45) is 6.24. The van der Waals surface area contributed by atoms with Crippen molar-refractivity contribution in [1.82, 2.24) is 5.32 Å². The van der Waals surface area contributed by atoms with Crippen molar-refractivity contribution in [2.75, 3.05) is 0 Å². The van der Waals surface area contributed by atoms with E-state index in [0.717, 1.165) is 18.4 Å². The number of benzene rings is 1. The van der Waals surface area contributed by atoms with Crippen LogP contribution in [-0.4, -0.2) is 23.7 Å². The number of carbonyl (C=O) groups excluding carboxylic acids is 1. The minimum Gasteiger partial charge on any atom is -0.435 e. The van der Waals surface area contributed by atoms with Crippen LogP contribution in [-0.2, 0) is 4.79 Å². The van der Waals surface area contributed by atoms with Crippen LogP contribution in [0.5, 0.6) is 5.75 Å². The summed E-state index contributed by atoms with van der Waals surface area (Å²) in [7, 11) is 0. The van der Waals surface area contributed by atoms with Gasteiger partial charge in [-0.3, -0.25) is 9.79 Å². The van der Waals surface area contributed by atoms with Gasteiger partial charge in [0.2, 0.25) is 0 Å². The SMILES string of the molecule is O=C1NC(=NC2CCCC2)SC1=Cc1ccc(OC(F)F)cc1. The van der Waals surface area contributed by atoms with Gasteiger partial charge in [-0.15, -0.1) is 0 Å². The fourth-order valence-electron chi connectivity index (χ4n) is 2.58. The first kappa shape index (κ1) is 16.0. The highest BCUT2D eigenvalue weighted by atomic mass is 32.2. The van der Waals surface area contributed by atoms with E-state index in [0.29, 0.717) is 16.1 Å². The summed E-state index contributed by atoms with van der Waals surface area (Å²) in [4.78, 5) is 17.1. The smallest absolute Gasteiger partial charge is 0.387 e. The Hall–Kier alpha value is -1.89. The van der Waals surface area contributed by atoms with Gasteiger partial charge in [0.15, 0.2) is 5.17 Å². The van der Waals surface area contributed by atoms with E-state index in [9.17, 15) is 13.6 Å². The average Bonchev–Trinajstić information content (AvgIpc) is 3.12. The second kappa shape index (κ2) is 7.12. The number of rotatable bonds is 4. The van der Waals surface area contributed by atoms with Crippen LogP contribution in [0.15, 0.2) is 34.2 Å². The Morgan fingerprint density at radius 2 is 1.96 bits per heavy atom. The number of nitrogens with one attached hydrogen (secondary N) is 1. The molecule has 7 heteroatoms. The van der Waals surface area contributed by atoms with E-state index in [2.05, 4.69) is 15.0 Å². The molecule has 0 radical (unpaired) electrons. The van der Waals surface area contributed by atoms with Crippen molar-refractivity contribution in [2.45, 2.75) is 38.3 Å². The number of hydrogen-bond donors (Lipinski definition) is 1. The van der Waals surface area contributed by atoms with E-state index in [1.54, 1.807) is 18.2 Å². The lowest BCUT2D eigenvalue weighted by Crippen LogP contribution is -2.21. The van der Waals surface area contributed by atoms with Crippen molar-refractivity contribution >= 4 is 28.9 Å². The first-order valence-electron chi connectivity index (χ1n) is 7.44. The molecule has 1 saturated heterocycles. The number of halogens is 2. The van der Waals surface area contributed by atoms with Crippen LogP contribution in [0.4, 0.5) is 8.78 Å².